The highest BCUT2D eigenvalue weighted by molar-refractivity contribution is 5.58. The van der Waals surface area contributed by atoms with Crippen LogP contribution in [0.2, 0.25) is 0 Å². The van der Waals surface area contributed by atoms with E-state index in [1.807, 2.05) is 0 Å². The Hall–Kier alpha value is -2.03. The van der Waals surface area contributed by atoms with Crippen LogP contribution in [-0.4, -0.2) is 47.9 Å². The summed E-state index contributed by atoms with van der Waals surface area (Å²) >= 11 is 0. The van der Waals surface area contributed by atoms with Crippen molar-refractivity contribution in [2.24, 2.45) is 29.1 Å². The van der Waals surface area contributed by atoms with E-state index >= 15 is 0 Å². The van der Waals surface area contributed by atoms with Crippen LogP contribution < -0.4 is 4.68 Å². The third-order valence-electron chi connectivity index (χ3n) is 11.3. The van der Waals surface area contributed by atoms with E-state index in [9.17, 15) is 5.11 Å². The molecule has 2 spiro atoms. The second kappa shape index (κ2) is 8.24. The first kappa shape index (κ1) is 23.8. The molecule has 202 valence electrons. The van der Waals surface area contributed by atoms with E-state index in [4.69, 9.17) is 18.9 Å². The van der Waals surface area contributed by atoms with Crippen molar-refractivity contribution in [3.05, 3.63) is 58.4 Å². The second-order valence-corrected chi connectivity index (χ2v) is 13.1. The van der Waals surface area contributed by atoms with Gasteiger partial charge < -0.3 is 24.1 Å². The number of H-pyrrole nitrogens is 1. The number of allylic oxidation sites excluding steroid dienone is 1. The Kier molecular flexibility index (Phi) is 5.17. The fourth-order valence-corrected chi connectivity index (χ4v) is 9.65. The van der Waals surface area contributed by atoms with Crippen LogP contribution in [0.3, 0.4) is 0 Å². The van der Waals surface area contributed by atoms with Gasteiger partial charge in [-0.2, -0.15) is 5.10 Å². The van der Waals surface area contributed by atoms with Gasteiger partial charge in [0.15, 0.2) is 26.3 Å². The topological polar surface area (TPSA) is 76.8 Å². The van der Waals surface area contributed by atoms with Crippen LogP contribution in [0, 0.1) is 36.0 Å². The van der Waals surface area contributed by atoms with Gasteiger partial charge in [0, 0.05) is 11.1 Å². The first-order valence-electron chi connectivity index (χ1n) is 14.5. The number of benzene rings is 1. The average molecular weight is 520 g/mol. The number of hydrogen-bond acceptors (Lipinski definition) is 5. The van der Waals surface area contributed by atoms with Gasteiger partial charge in [-0.3, -0.25) is 0 Å². The number of nitrogens with one attached hydrogen (secondary N) is 1. The van der Waals surface area contributed by atoms with Gasteiger partial charge in [-0.15, -0.1) is 4.68 Å². The zero-order chi connectivity index (χ0) is 25.7. The summed E-state index contributed by atoms with van der Waals surface area (Å²) in [6, 6.07) is 8.78. The molecular weight excluding hydrogens is 480 g/mol. The molecule has 8 atom stereocenters. The Balaban J connectivity index is 1.08. The summed E-state index contributed by atoms with van der Waals surface area (Å²) in [5, 5.41) is 15.5. The zero-order valence-electron chi connectivity index (χ0n) is 22.4. The molecule has 1 aromatic heterocycles. The molecule has 0 bridgehead atoms. The fraction of sp³-hybridized carbons (Fsp3) is 0.645. The number of rotatable bonds is 2. The van der Waals surface area contributed by atoms with Crippen molar-refractivity contribution in [2.45, 2.75) is 76.4 Å². The number of aliphatic hydroxyl groups excluding tert-OH is 1. The SMILES string of the molecule is Cc1ccc(C[n+]2cc3c([nH]2)C=C2CC[C@@H]4[C@H]([C@@H](O)CC5[C@H]4CC[C@@]54OCOC45COCO5)[C@@]2(C)C3)cc1. The maximum absolute atomic E-state index is 11.9. The number of ether oxygens (including phenoxy) is 4. The predicted molar refractivity (Wildman–Crippen MR) is 139 cm³/mol. The number of fused-ring (bicyclic) bond motifs is 8. The molecule has 5 fully saturated rings. The lowest BCUT2D eigenvalue weighted by atomic mass is 9.48. The van der Waals surface area contributed by atoms with Gasteiger partial charge in [0.1, 0.15) is 17.9 Å². The Morgan fingerprint density at radius 1 is 1.08 bits per heavy atom. The quantitative estimate of drug-likeness (QED) is 0.590. The highest BCUT2D eigenvalue weighted by atomic mass is 16.9. The molecule has 3 heterocycles. The second-order valence-electron chi connectivity index (χ2n) is 13.1. The van der Waals surface area contributed by atoms with Gasteiger partial charge in [-0.1, -0.05) is 42.3 Å². The van der Waals surface area contributed by atoms with Crippen molar-refractivity contribution in [3.8, 4) is 0 Å². The minimum atomic E-state index is -0.807. The molecule has 2 N–H and O–H groups in total. The van der Waals surface area contributed by atoms with Crippen LogP contribution in [0.1, 0.15) is 61.4 Å². The highest BCUT2D eigenvalue weighted by Crippen LogP contribution is 2.66. The van der Waals surface area contributed by atoms with E-state index in [0.717, 1.165) is 45.1 Å². The van der Waals surface area contributed by atoms with E-state index in [1.54, 1.807) is 0 Å². The summed E-state index contributed by atoms with van der Waals surface area (Å²) in [7, 11) is 0. The zero-order valence-corrected chi connectivity index (χ0v) is 22.4. The number of hydrogen-bond donors (Lipinski definition) is 2. The smallest absolute Gasteiger partial charge is 0.226 e. The van der Waals surface area contributed by atoms with Crippen molar-refractivity contribution in [3.63, 3.8) is 0 Å². The van der Waals surface area contributed by atoms with Crippen molar-refractivity contribution in [1.29, 1.82) is 0 Å². The third-order valence-corrected chi connectivity index (χ3v) is 11.3. The van der Waals surface area contributed by atoms with Gasteiger partial charge in [-0.25, -0.2) is 0 Å². The van der Waals surface area contributed by atoms with E-state index < -0.39 is 11.4 Å². The van der Waals surface area contributed by atoms with Crippen LogP contribution in [0.15, 0.2) is 36.0 Å². The largest absolute Gasteiger partial charge is 0.393 e. The van der Waals surface area contributed by atoms with Gasteiger partial charge >= 0.3 is 0 Å². The molecule has 38 heavy (non-hydrogen) atoms. The fourth-order valence-electron chi connectivity index (χ4n) is 9.65. The maximum Gasteiger partial charge on any atom is 0.226 e. The predicted octanol–water partition coefficient (Wildman–Crippen LogP) is 3.87. The first-order chi connectivity index (χ1) is 18.4. The highest BCUT2D eigenvalue weighted by Gasteiger charge is 2.72. The van der Waals surface area contributed by atoms with Crippen LogP contribution >= 0.6 is 0 Å². The lowest BCUT2D eigenvalue weighted by Gasteiger charge is -2.57. The molecule has 0 amide bonds. The minimum Gasteiger partial charge on any atom is -0.393 e. The van der Waals surface area contributed by atoms with Crippen molar-refractivity contribution >= 4 is 6.08 Å². The Labute approximate surface area is 224 Å². The monoisotopic (exact) mass is 519 g/mol. The molecule has 2 unspecified atom stereocenters. The third kappa shape index (κ3) is 3.17. The Morgan fingerprint density at radius 2 is 1.92 bits per heavy atom. The molecule has 6 aliphatic rings. The summed E-state index contributed by atoms with van der Waals surface area (Å²) < 4.78 is 26.5. The average Bonchev–Trinajstić information content (AvgIpc) is 3.68. The molecule has 4 aliphatic carbocycles. The lowest BCUT2D eigenvalue weighted by Crippen LogP contribution is -2.61. The maximum atomic E-state index is 11.9. The van der Waals surface area contributed by atoms with Gasteiger partial charge in [-0.05, 0) is 80.6 Å². The normalized spacial score (nSPS) is 43.1. The Morgan fingerprint density at radius 3 is 2.74 bits per heavy atom. The number of aliphatic hydroxyl groups is 1. The van der Waals surface area contributed by atoms with E-state index in [0.29, 0.717) is 18.4 Å². The molecule has 1 aromatic carbocycles. The van der Waals surface area contributed by atoms with Gasteiger partial charge in [0.2, 0.25) is 5.79 Å². The van der Waals surface area contributed by atoms with Crippen molar-refractivity contribution < 1.29 is 28.7 Å². The molecule has 3 saturated carbocycles. The molecule has 2 aliphatic heterocycles. The van der Waals surface area contributed by atoms with Crippen LogP contribution in [0.5, 0.6) is 0 Å². The van der Waals surface area contributed by atoms with E-state index in [-0.39, 0.29) is 36.9 Å². The van der Waals surface area contributed by atoms with Gasteiger partial charge in [0.25, 0.3) is 0 Å². The number of aromatic nitrogens is 2. The molecule has 7 nitrogen and oxygen atoms in total. The van der Waals surface area contributed by atoms with Crippen molar-refractivity contribution in [1.82, 2.24) is 5.10 Å². The van der Waals surface area contributed by atoms with Gasteiger partial charge in [0.05, 0.1) is 6.10 Å². The molecule has 2 aromatic rings. The van der Waals surface area contributed by atoms with Crippen LogP contribution in [0.4, 0.5) is 0 Å². The summed E-state index contributed by atoms with van der Waals surface area (Å²) in [6.45, 7) is 6.32. The van der Waals surface area contributed by atoms with E-state index in [1.165, 1.54) is 28.0 Å². The summed E-state index contributed by atoms with van der Waals surface area (Å²) in [5.74, 6) is 0.683. The Bertz CT molecular complexity index is 1270. The molecular formula is C31H39N2O5+. The first-order valence-corrected chi connectivity index (χ1v) is 14.5. The summed E-state index contributed by atoms with van der Waals surface area (Å²) in [6.07, 6.45) is 10.3. The van der Waals surface area contributed by atoms with E-state index in [2.05, 4.69) is 60.2 Å². The number of aryl methyl sites for hydroxylation is 1. The molecule has 8 rings (SSSR count). The number of aromatic amines is 1. The molecule has 0 radical (unpaired) electrons. The number of nitrogens with zero attached hydrogens (tertiary/aromatic N) is 1. The molecule has 2 saturated heterocycles. The summed E-state index contributed by atoms with van der Waals surface area (Å²) in [5.41, 5.74) is 6.16. The molecule has 7 heteroatoms. The van der Waals surface area contributed by atoms with Crippen LogP contribution in [0.25, 0.3) is 6.08 Å². The minimum absolute atomic E-state index is 0.0301. The lowest BCUT2D eigenvalue weighted by molar-refractivity contribution is -0.742. The standard InChI is InChI=1S/C31H38N2O5/c1-19-3-5-20(6-4-19)14-33-15-21-13-29(2)22(11-26(21)32-33)7-8-24-23-9-10-30(25(23)12-27(34)28(24)29)31(38-18-36-30)16-35-17-37-31/h3-6,11,15,23-25,27-28,34H,7-10,12-14,16-18H2,1-2H3/p+1/t23-,24-,25?,27-,28+,29-,30+,31?/m0/s1. The van der Waals surface area contributed by atoms with Crippen LogP contribution in [-0.2, 0) is 31.9 Å². The van der Waals surface area contributed by atoms with Crippen molar-refractivity contribution in [2.75, 3.05) is 20.2 Å². The summed E-state index contributed by atoms with van der Waals surface area (Å²) in [4.78, 5) is 0.